The molecule has 0 bridgehead atoms. The number of Topliss-reactive ketones (excluding diaryl/α,β-unsaturated/α-hetero) is 1. The summed E-state index contributed by atoms with van der Waals surface area (Å²) in [5.74, 6) is -1.08. The number of carbonyl (C=O) groups excluding carboxylic acids is 2. The minimum absolute atomic E-state index is 0.114. The number of aromatic hydroxyl groups is 1. The molecule has 28 heavy (non-hydrogen) atoms. The second-order valence-corrected chi connectivity index (χ2v) is 6.67. The Balaban J connectivity index is 1.94. The maximum Gasteiger partial charge on any atom is 0.312 e. The fourth-order valence-corrected chi connectivity index (χ4v) is 3.58. The molecular weight excluding hydrogens is 362 g/mol. The van der Waals surface area contributed by atoms with Crippen molar-refractivity contribution in [2.75, 3.05) is 7.11 Å². The number of aromatic amines is 1. The number of H-pyrrole nitrogens is 1. The zero-order valence-electron chi connectivity index (χ0n) is 15.2. The summed E-state index contributed by atoms with van der Waals surface area (Å²) in [6, 6.07) is 9.81. The number of rotatable bonds is 3. The van der Waals surface area contributed by atoms with Gasteiger partial charge in [0.15, 0.2) is 5.78 Å². The molecule has 7 heteroatoms. The van der Waals surface area contributed by atoms with Gasteiger partial charge < -0.3 is 19.6 Å². The first-order valence-electron chi connectivity index (χ1n) is 8.67. The van der Waals surface area contributed by atoms with Gasteiger partial charge in [0.25, 0.3) is 5.56 Å². The van der Waals surface area contributed by atoms with E-state index in [1.54, 1.807) is 24.3 Å². The van der Waals surface area contributed by atoms with Gasteiger partial charge in [-0.05, 0) is 42.6 Å². The molecule has 1 aliphatic heterocycles. The van der Waals surface area contributed by atoms with Crippen LogP contribution < -0.4 is 15.0 Å². The van der Waals surface area contributed by atoms with Crippen molar-refractivity contribution in [3.05, 3.63) is 63.4 Å². The lowest BCUT2D eigenvalue weighted by Crippen LogP contribution is -2.26. The van der Waals surface area contributed by atoms with Crippen LogP contribution in [0, 0.1) is 0 Å². The Kier molecular flexibility index (Phi) is 4.15. The number of pyridine rings is 1. The van der Waals surface area contributed by atoms with Crippen LogP contribution in [0.1, 0.15) is 40.7 Å². The molecule has 7 nitrogen and oxygen atoms in total. The number of benzene rings is 2. The van der Waals surface area contributed by atoms with E-state index in [1.807, 2.05) is 0 Å². The van der Waals surface area contributed by atoms with Gasteiger partial charge >= 0.3 is 5.97 Å². The summed E-state index contributed by atoms with van der Waals surface area (Å²) in [6.45, 7) is 1.33. The Bertz CT molecular complexity index is 1190. The minimum Gasteiger partial charge on any atom is -0.507 e. The smallest absolute Gasteiger partial charge is 0.312 e. The normalized spacial score (nSPS) is 15.8. The molecule has 2 aromatic carbocycles. The van der Waals surface area contributed by atoms with Crippen molar-refractivity contribution in [2.45, 2.75) is 19.3 Å². The number of hydrogen-bond donors (Lipinski definition) is 2. The molecule has 2 N–H and O–H groups in total. The van der Waals surface area contributed by atoms with Crippen LogP contribution >= 0.6 is 0 Å². The van der Waals surface area contributed by atoms with Crippen LogP contribution in [0.2, 0.25) is 0 Å². The predicted octanol–water partition coefficient (Wildman–Crippen LogP) is 2.89. The lowest BCUT2D eigenvalue weighted by Gasteiger charge is -2.26. The maximum atomic E-state index is 12.8. The van der Waals surface area contributed by atoms with E-state index in [0.717, 1.165) is 5.39 Å². The number of aromatic nitrogens is 1. The van der Waals surface area contributed by atoms with Crippen molar-refractivity contribution in [2.24, 2.45) is 0 Å². The largest absolute Gasteiger partial charge is 0.507 e. The molecule has 0 unspecified atom stereocenters. The number of nitrogens with one attached hydrogen (secondary N) is 1. The van der Waals surface area contributed by atoms with E-state index in [9.17, 15) is 19.5 Å². The van der Waals surface area contributed by atoms with E-state index in [4.69, 9.17) is 9.47 Å². The highest BCUT2D eigenvalue weighted by Gasteiger charge is 2.34. The molecule has 0 spiro atoms. The van der Waals surface area contributed by atoms with Crippen LogP contribution in [0.4, 0.5) is 0 Å². The van der Waals surface area contributed by atoms with Gasteiger partial charge in [0, 0.05) is 23.1 Å². The molecule has 142 valence electrons. The average Bonchev–Trinajstić information content (AvgIpc) is 2.66. The van der Waals surface area contributed by atoms with Crippen molar-refractivity contribution in [1.29, 1.82) is 0 Å². The first-order chi connectivity index (χ1) is 13.4. The molecule has 1 aliphatic rings. The highest BCUT2D eigenvalue weighted by atomic mass is 16.5. The fraction of sp³-hybridized carbons (Fsp3) is 0.190. The molecule has 0 radical (unpaired) electrons. The third-order valence-electron chi connectivity index (χ3n) is 4.96. The van der Waals surface area contributed by atoms with Gasteiger partial charge in [0.2, 0.25) is 0 Å². The van der Waals surface area contributed by atoms with Crippen molar-refractivity contribution in [3.63, 3.8) is 0 Å². The summed E-state index contributed by atoms with van der Waals surface area (Å²) in [4.78, 5) is 39.5. The van der Waals surface area contributed by atoms with Crippen LogP contribution in [0.25, 0.3) is 10.9 Å². The zero-order valence-corrected chi connectivity index (χ0v) is 15.2. The van der Waals surface area contributed by atoms with Crippen LogP contribution in [0.3, 0.4) is 0 Å². The number of ketones is 1. The molecule has 0 aliphatic carbocycles. The van der Waals surface area contributed by atoms with E-state index in [0.29, 0.717) is 16.8 Å². The monoisotopic (exact) mass is 379 g/mol. The van der Waals surface area contributed by atoms with Crippen molar-refractivity contribution in [1.82, 2.24) is 4.98 Å². The number of esters is 1. The van der Waals surface area contributed by atoms with Gasteiger partial charge in [-0.25, -0.2) is 0 Å². The Hall–Kier alpha value is -3.61. The Morgan fingerprint density at radius 2 is 2.00 bits per heavy atom. The number of carbonyl (C=O) groups is 2. The van der Waals surface area contributed by atoms with E-state index in [2.05, 4.69) is 4.98 Å². The van der Waals surface area contributed by atoms with Crippen molar-refractivity contribution >= 4 is 22.7 Å². The van der Waals surface area contributed by atoms with Gasteiger partial charge in [0.05, 0.1) is 24.6 Å². The summed E-state index contributed by atoms with van der Waals surface area (Å²) in [5, 5.41) is 11.4. The van der Waals surface area contributed by atoms with Gasteiger partial charge in [-0.2, -0.15) is 0 Å². The lowest BCUT2D eigenvalue weighted by molar-refractivity contribution is -0.135. The van der Waals surface area contributed by atoms with Crippen LogP contribution in [-0.4, -0.2) is 29.0 Å². The topological polar surface area (TPSA) is 106 Å². The number of phenolic OH excluding ortho intramolecular Hbond substituents is 1. The lowest BCUT2D eigenvalue weighted by atomic mass is 9.84. The molecular formula is C21H17NO6. The van der Waals surface area contributed by atoms with Gasteiger partial charge in [-0.3, -0.25) is 14.4 Å². The molecule has 1 atom stereocenters. The molecule has 0 amide bonds. The predicted molar refractivity (Wildman–Crippen MR) is 101 cm³/mol. The zero-order chi connectivity index (χ0) is 20.0. The number of fused-ring (bicyclic) bond motifs is 2. The highest BCUT2D eigenvalue weighted by molar-refractivity contribution is 5.98. The van der Waals surface area contributed by atoms with Crippen molar-refractivity contribution < 1.29 is 24.2 Å². The average molecular weight is 379 g/mol. The summed E-state index contributed by atoms with van der Waals surface area (Å²) in [6.07, 6.45) is -0.118. The molecule has 0 saturated heterocycles. The second kappa shape index (κ2) is 6.53. The third kappa shape index (κ3) is 2.81. The summed E-state index contributed by atoms with van der Waals surface area (Å²) in [5.41, 5.74) is 0.897. The van der Waals surface area contributed by atoms with E-state index in [1.165, 1.54) is 26.2 Å². The van der Waals surface area contributed by atoms with E-state index >= 15 is 0 Å². The minimum atomic E-state index is -0.731. The fourth-order valence-electron chi connectivity index (χ4n) is 3.58. The van der Waals surface area contributed by atoms with Gasteiger partial charge in [-0.15, -0.1) is 0 Å². The van der Waals surface area contributed by atoms with E-state index < -0.39 is 11.9 Å². The first kappa shape index (κ1) is 17.8. The van der Waals surface area contributed by atoms with E-state index in [-0.39, 0.29) is 40.4 Å². The van der Waals surface area contributed by atoms with Crippen LogP contribution in [0.15, 0.2) is 41.2 Å². The van der Waals surface area contributed by atoms with Crippen LogP contribution in [-0.2, 0) is 4.79 Å². The highest BCUT2D eigenvalue weighted by Crippen LogP contribution is 2.44. The Morgan fingerprint density at radius 3 is 2.71 bits per heavy atom. The molecule has 0 fully saturated rings. The Morgan fingerprint density at radius 1 is 1.21 bits per heavy atom. The molecule has 1 aromatic heterocycles. The molecule has 3 aromatic rings. The van der Waals surface area contributed by atoms with Gasteiger partial charge in [0.1, 0.15) is 17.2 Å². The second-order valence-electron chi connectivity index (χ2n) is 6.67. The number of methoxy groups -OCH3 is 1. The maximum absolute atomic E-state index is 12.8. The summed E-state index contributed by atoms with van der Waals surface area (Å²) in [7, 11) is 1.54. The number of hydrogen-bond acceptors (Lipinski definition) is 6. The van der Waals surface area contributed by atoms with Crippen molar-refractivity contribution in [3.8, 4) is 17.2 Å². The number of phenols is 1. The summed E-state index contributed by atoms with van der Waals surface area (Å²) >= 11 is 0. The summed E-state index contributed by atoms with van der Waals surface area (Å²) < 4.78 is 10.4. The van der Waals surface area contributed by atoms with Crippen LogP contribution in [0.5, 0.6) is 17.2 Å². The molecule has 4 rings (SSSR count). The Labute approximate surface area is 159 Å². The third-order valence-corrected chi connectivity index (χ3v) is 4.96. The first-order valence-corrected chi connectivity index (χ1v) is 8.67. The van der Waals surface area contributed by atoms with Gasteiger partial charge in [-0.1, -0.05) is 0 Å². The quantitative estimate of drug-likeness (QED) is 0.412. The standard InChI is InChI=1S/C21H17NO6/c1-10(23)13-5-6-17-19(20(13)25)14(9-18(24)28-17)15-7-11-3-4-12(27-2)8-16(11)22-21(15)26/h3-8,14,25H,9H2,1-2H3,(H,22,26)/t14-/m1/s1. The number of ether oxygens (including phenoxy) is 2. The molecule has 0 saturated carbocycles. The SMILES string of the molecule is COc1ccc2cc([C@H]3CC(=O)Oc4ccc(C(C)=O)c(O)c43)c(=O)[nH]c2c1. The molecule has 2 heterocycles.